The largest absolute Gasteiger partial charge is 0.477 e. The second kappa shape index (κ2) is 7.13. The second-order valence-electron chi connectivity index (χ2n) is 7.52. The number of pyridine rings is 1. The van der Waals surface area contributed by atoms with E-state index in [2.05, 4.69) is 4.98 Å². The molecule has 2 unspecified atom stereocenters. The number of nitrogen functional groups attached to an aromatic ring is 1. The second-order valence-corrected chi connectivity index (χ2v) is 8.54. The molecule has 0 saturated heterocycles. The van der Waals surface area contributed by atoms with Crippen molar-refractivity contribution in [2.75, 3.05) is 5.73 Å². The average molecular weight is 446 g/mol. The maximum absolute atomic E-state index is 13.5. The van der Waals surface area contributed by atoms with Gasteiger partial charge >= 0.3 is 5.97 Å². The minimum absolute atomic E-state index is 0.00210. The molecule has 1 aliphatic carbocycles. The molecule has 4 aromatic rings. The molecule has 0 bridgehead atoms. The van der Waals surface area contributed by atoms with Gasteiger partial charge in [-0.2, -0.15) is 0 Å². The zero-order chi connectivity index (χ0) is 22.6. The Morgan fingerprint density at radius 1 is 1.12 bits per heavy atom. The molecule has 2 atom stereocenters. The number of carbonyl (C=O) groups excluding carboxylic acids is 1. The number of Topliss-reactive ketones (excluding diaryl/α,β-unsaturated/α-hetero) is 1. The van der Waals surface area contributed by atoms with Crippen LogP contribution in [0.3, 0.4) is 0 Å². The van der Waals surface area contributed by atoms with Crippen molar-refractivity contribution < 1.29 is 19.4 Å². The van der Waals surface area contributed by atoms with Gasteiger partial charge in [0, 0.05) is 22.8 Å². The summed E-state index contributed by atoms with van der Waals surface area (Å²) in [5, 5.41) is 10.2. The number of thiophene rings is 1. The number of benzene rings is 2. The van der Waals surface area contributed by atoms with Crippen LogP contribution in [0.2, 0.25) is 0 Å². The maximum atomic E-state index is 13.5. The molecule has 2 aromatic heterocycles. The number of carboxylic acids is 1. The maximum Gasteiger partial charge on any atom is 0.346 e. The van der Waals surface area contributed by atoms with E-state index < -0.39 is 23.3 Å². The van der Waals surface area contributed by atoms with Crippen LogP contribution in [-0.4, -0.2) is 21.8 Å². The van der Waals surface area contributed by atoms with Crippen LogP contribution < -0.4 is 21.9 Å². The van der Waals surface area contributed by atoms with Gasteiger partial charge in [0.25, 0.3) is 0 Å². The summed E-state index contributed by atoms with van der Waals surface area (Å²) in [4.78, 5) is 29.3. The molecule has 0 spiro atoms. The van der Waals surface area contributed by atoms with Crippen LogP contribution in [0.5, 0.6) is 11.5 Å². The lowest BCUT2D eigenvalue weighted by atomic mass is 9.70. The molecule has 5 rings (SSSR count). The first-order chi connectivity index (χ1) is 15.3. The average Bonchev–Trinajstić information content (AvgIpc) is 3.20. The summed E-state index contributed by atoms with van der Waals surface area (Å²) in [6.07, 6.45) is 3.24. The smallest absolute Gasteiger partial charge is 0.346 e. The van der Waals surface area contributed by atoms with E-state index >= 15 is 0 Å². The monoisotopic (exact) mass is 446 g/mol. The van der Waals surface area contributed by atoms with Gasteiger partial charge in [-0.1, -0.05) is 18.2 Å². The van der Waals surface area contributed by atoms with Crippen molar-refractivity contribution in [1.82, 2.24) is 4.98 Å². The van der Waals surface area contributed by atoms with Gasteiger partial charge in [0.05, 0.1) is 16.9 Å². The highest BCUT2D eigenvalue weighted by atomic mass is 32.1. The standard InChI is InChI=1S/C23H18N4O4S/c24-15-8-7-14-16-17(20(22(29)30)32-19(15)16)18(25)21(28)23(14,26)11-3-5-12(6-4-11)31-13-2-1-9-27-10-13/h1-10,18H,24-26H2,(H,29,30). The minimum Gasteiger partial charge on any atom is -0.477 e. The molecule has 7 N–H and O–H groups in total. The molecule has 0 aliphatic heterocycles. The lowest BCUT2D eigenvalue weighted by molar-refractivity contribution is -0.124. The van der Waals surface area contributed by atoms with Gasteiger partial charge in [0.15, 0.2) is 5.78 Å². The quantitative estimate of drug-likeness (QED) is 0.349. The lowest BCUT2D eigenvalue weighted by Gasteiger charge is -2.36. The third-order valence-corrected chi connectivity index (χ3v) is 6.93. The van der Waals surface area contributed by atoms with E-state index in [-0.39, 0.29) is 10.4 Å². The number of ether oxygens (including phenoxy) is 1. The summed E-state index contributed by atoms with van der Waals surface area (Å²) >= 11 is 1.00. The molecule has 1 aliphatic rings. The molecule has 0 saturated carbocycles. The van der Waals surface area contributed by atoms with Crippen LogP contribution in [0.1, 0.15) is 32.4 Å². The zero-order valence-corrected chi connectivity index (χ0v) is 17.4. The summed E-state index contributed by atoms with van der Waals surface area (Å²) < 4.78 is 6.33. The Bertz CT molecular complexity index is 1380. The van der Waals surface area contributed by atoms with Crippen molar-refractivity contribution in [1.29, 1.82) is 0 Å². The Hall–Kier alpha value is -3.79. The first-order valence-corrected chi connectivity index (χ1v) is 10.5. The predicted octanol–water partition coefficient (Wildman–Crippen LogP) is 3.15. The number of hydrogen-bond acceptors (Lipinski definition) is 8. The highest BCUT2D eigenvalue weighted by Crippen LogP contribution is 2.49. The van der Waals surface area contributed by atoms with Gasteiger partial charge in [-0.3, -0.25) is 9.78 Å². The summed E-state index contributed by atoms with van der Waals surface area (Å²) in [6, 6.07) is 12.5. The highest BCUT2D eigenvalue weighted by Gasteiger charge is 2.48. The first-order valence-electron chi connectivity index (χ1n) is 9.68. The lowest BCUT2D eigenvalue weighted by Crippen LogP contribution is -2.52. The minimum atomic E-state index is -1.57. The predicted molar refractivity (Wildman–Crippen MR) is 121 cm³/mol. The Balaban J connectivity index is 1.66. The molecule has 0 amide bonds. The number of carbonyl (C=O) groups is 2. The van der Waals surface area contributed by atoms with E-state index in [1.165, 1.54) is 0 Å². The van der Waals surface area contributed by atoms with Crippen molar-refractivity contribution in [2.45, 2.75) is 11.6 Å². The van der Waals surface area contributed by atoms with Crippen LogP contribution in [0.4, 0.5) is 5.69 Å². The van der Waals surface area contributed by atoms with Gasteiger partial charge in [-0.15, -0.1) is 11.3 Å². The van der Waals surface area contributed by atoms with Gasteiger partial charge in [-0.05, 0) is 41.5 Å². The Morgan fingerprint density at radius 2 is 1.88 bits per heavy atom. The number of aromatic nitrogens is 1. The normalized spacial score (nSPS) is 19.8. The van der Waals surface area contributed by atoms with Crippen LogP contribution in [0.15, 0.2) is 60.9 Å². The van der Waals surface area contributed by atoms with Crippen LogP contribution in [0, 0.1) is 0 Å². The number of rotatable bonds is 4. The van der Waals surface area contributed by atoms with Crippen LogP contribution in [-0.2, 0) is 10.3 Å². The van der Waals surface area contributed by atoms with E-state index in [9.17, 15) is 14.7 Å². The number of anilines is 1. The van der Waals surface area contributed by atoms with E-state index in [4.69, 9.17) is 21.9 Å². The van der Waals surface area contributed by atoms with E-state index in [1.54, 1.807) is 60.9 Å². The topological polar surface area (TPSA) is 155 Å². The van der Waals surface area contributed by atoms with Gasteiger partial charge in [0.2, 0.25) is 0 Å². The van der Waals surface area contributed by atoms with E-state index in [0.717, 1.165) is 11.3 Å². The summed E-state index contributed by atoms with van der Waals surface area (Å²) in [5.74, 6) is -0.526. The van der Waals surface area contributed by atoms with Crippen LogP contribution >= 0.6 is 11.3 Å². The number of nitrogens with two attached hydrogens (primary N) is 3. The molecule has 160 valence electrons. The number of nitrogens with zero attached hydrogens (tertiary/aromatic N) is 1. The fraction of sp³-hybridized carbons (Fsp3) is 0.0870. The number of aromatic carboxylic acids is 1. The van der Waals surface area contributed by atoms with Crippen molar-refractivity contribution >= 4 is 38.9 Å². The molecule has 2 heterocycles. The molecular formula is C23H18N4O4S. The first kappa shape index (κ1) is 20.1. The molecule has 8 nitrogen and oxygen atoms in total. The van der Waals surface area contributed by atoms with E-state index in [1.807, 2.05) is 0 Å². The fourth-order valence-corrected chi connectivity index (χ4v) is 5.31. The Morgan fingerprint density at radius 3 is 2.53 bits per heavy atom. The number of hydrogen-bond donors (Lipinski definition) is 4. The van der Waals surface area contributed by atoms with Crippen molar-refractivity contribution in [3.8, 4) is 11.5 Å². The number of ketones is 1. The van der Waals surface area contributed by atoms with Crippen molar-refractivity contribution in [3.05, 3.63) is 82.5 Å². The highest BCUT2D eigenvalue weighted by molar-refractivity contribution is 7.21. The molecule has 0 fully saturated rings. The van der Waals surface area contributed by atoms with Crippen molar-refractivity contribution in [2.24, 2.45) is 11.5 Å². The summed E-state index contributed by atoms with van der Waals surface area (Å²) in [7, 11) is 0. The molecule has 32 heavy (non-hydrogen) atoms. The molecule has 2 aromatic carbocycles. The fourth-order valence-electron chi connectivity index (χ4n) is 4.17. The Labute approximate surface area is 186 Å². The van der Waals surface area contributed by atoms with Crippen LogP contribution in [0.25, 0.3) is 10.1 Å². The molecular weight excluding hydrogens is 428 g/mol. The van der Waals surface area contributed by atoms with Gasteiger partial charge < -0.3 is 27.0 Å². The van der Waals surface area contributed by atoms with Gasteiger partial charge in [0.1, 0.15) is 21.9 Å². The molecule has 0 radical (unpaired) electrons. The molecule has 9 heteroatoms. The number of carboxylic acid groups (broad SMARTS) is 1. The zero-order valence-electron chi connectivity index (χ0n) is 16.6. The SMILES string of the molecule is Nc1ccc2c3c(c(C(=O)O)sc13)C(N)C(=O)C2(N)c1ccc(Oc2cccnc2)cc1. The Kier molecular flexibility index (Phi) is 4.48. The summed E-state index contributed by atoms with van der Waals surface area (Å²) in [6.45, 7) is 0. The van der Waals surface area contributed by atoms with Crippen molar-refractivity contribution in [3.63, 3.8) is 0 Å². The van der Waals surface area contributed by atoms with Gasteiger partial charge in [-0.25, -0.2) is 4.79 Å². The summed E-state index contributed by atoms with van der Waals surface area (Å²) in [5.41, 5.74) is 19.2. The van der Waals surface area contributed by atoms with E-state index in [0.29, 0.717) is 38.4 Å². The third kappa shape index (κ3) is 2.79. The third-order valence-electron chi connectivity index (χ3n) is 5.69.